The number of nitro benzene ring substituents is 1. The largest absolute Gasteiger partial charge is 0.381 e. The third-order valence-electron chi connectivity index (χ3n) is 2.41. The van der Waals surface area contributed by atoms with Crippen molar-refractivity contribution in [1.82, 2.24) is 0 Å². The standard InChI is InChI=1S/C10H13N3O6S/c1-20(18,19)6-2-3-7(8(4-6)13(16)17)12-5-9(14)10(11)15/h2-4,9,12,14H,5H2,1H3,(H2,11,15). The van der Waals surface area contributed by atoms with Crippen molar-refractivity contribution in [2.45, 2.75) is 11.0 Å². The van der Waals surface area contributed by atoms with Gasteiger partial charge < -0.3 is 16.2 Å². The Hall–Kier alpha value is -2.20. The Morgan fingerprint density at radius 1 is 1.55 bits per heavy atom. The molecule has 9 nitrogen and oxygen atoms in total. The van der Waals surface area contributed by atoms with E-state index >= 15 is 0 Å². The van der Waals surface area contributed by atoms with E-state index in [-0.39, 0.29) is 17.1 Å². The number of nitrogens with two attached hydrogens (primary N) is 1. The van der Waals surface area contributed by atoms with Crippen LogP contribution in [0.1, 0.15) is 0 Å². The highest BCUT2D eigenvalue weighted by molar-refractivity contribution is 7.90. The number of rotatable bonds is 6. The number of anilines is 1. The van der Waals surface area contributed by atoms with Crippen molar-refractivity contribution in [2.24, 2.45) is 5.73 Å². The SMILES string of the molecule is CS(=O)(=O)c1ccc(NCC(O)C(N)=O)c([N+](=O)[O-])c1. The molecule has 10 heteroatoms. The first-order chi connectivity index (χ1) is 9.12. The van der Waals surface area contributed by atoms with Crippen molar-refractivity contribution in [1.29, 1.82) is 0 Å². The van der Waals surface area contributed by atoms with Crippen LogP contribution in [0.25, 0.3) is 0 Å². The zero-order valence-corrected chi connectivity index (χ0v) is 11.3. The first-order valence-corrected chi connectivity index (χ1v) is 7.22. The zero-order valence-electron chi connectivity index (χ0n) is 10.4. The number of carbonyl (C=O) groups is 1. The number of aliphatic hydroxyl groups excluding tert-OH is 1. The monoisotopic (exact) mass is 303 g/mol. The molecule has 0 spiro atoms. The second-order valence-electron chi connectivity index (χ2n) is 4.01. The van der Waals surface area contributed by atoms with Crippen molar-refractivity contribution in [3.05, 3.63) is 28.3 Å². The molecule has 20 heavy (non-hydrogen) atoms. The fourth-order valence-corrected chi connectivity index (χ4v) is 1.99. The van der Waals surface area contributed by atoms with Crippen LogP contribution in [0, 0.1) is 10.1 Å². The molecule has 0 aliphatic heterocycles. The minimum absolute atomic E-state index is 0.0253. The summed E-state index contributed by atoms with van der Waals surface area (Å²) in [5, 5.41) is 22.6. The minimum atomic E-state index is -3.58. The van der Waals surface area contributed by atoms with Crippen molar-refractivity contribution in [3.63, 3.8) is 0 Å². The molecule has 0 saturated carbocycles. The average molecular weight is 303 g/mol. The molecule has 0 bridgehead atoms. The third-order valence-corrected chi connectivity index (χ3v) is 3.52. The fraction of sp³-hybridized carbons (Fsp3) is 0.300. The summed E-state index contributed by atoms with van der Waals surface area (Å²) < 4.78 is 22.7. The Labute approximate surface area is 114 Å². The maximum absolute atomic E-state index is 11.3. The lowest BCUT2D eigenvalue weighted by Crippen LogP contribution is -2.34. The molecule has 0 saturated heterocycles. The van der Waals surface area contributed by atoms with E-state index < -0.39 is 32.5 Å². The molecule has 1 aromatic carbocycles. The summed E-state index contributed by atoms with van der Waals surface area (Å²) >= 11 is 0. The van der Waals surface area contributed by atoms with E-state index in [4.69, 9.17) is 5.73 Å². The Morgan fingerprint density at radius 3 is 2.60 bits per heavy atom. The molecule has 1 amide bonds. The third kappa shape index (κ3) is 3.90. The van der Waals surface area contributed by atoms with Gasteiger partial charge in [0.2, 0.25) is 5.91 Å². The Balaban J connectivity index is 3.09. The zero-order chi connectivity index (χ0) is 15.5. The number of benzene rings is 1. The molecule has 0 aliphatic rings. The lowest BCUT2D eigenvalue weighted by Gasteiger charge is -2.10. The molecule has 0 fully saturated rings. The van der Waals surface area contributed by atoms with Crippen LogP contribution < -0.4 is 11.1 Å². The van der Waals surface area contributed by atoms with Gasteiger partial charge in [0.15, 0.2) is 9.84 Å². The van der Waals surface area contributed by atoms with Crippen LogP contribution in [-0.4, -0.2) is 43.3 Å². The molecule has 1 atom stereocenters. The van der Waals surface area contributed by atoms with Gasteiger partial charge in [-0.25, -0.2) is 8.42 Å². The van der Waals surface area contributed by atoms with Crippen LogP contribution in [0.3, 0.4) is 0 Å². The molecule has 0 heterocycles. The molecular weight excluding hydrogens is 290 g/mol. The van der Waals surface area contributed by atoms with Crippen LogP contribution in [0.15, 0.2) is 23.1 Å². The Morgan fingerprint density at radius 2 is 2.15 bits per heavy atom. The van der Waals surface area contributed by atoms with E-state index in [0.29, 0.717) is 0 Å². The summed E-state index contributed by atoms with van der Waals surface area (Å²) in [6, 6.07) is 3.26. The first kappa shape index (κ1) is 15.9. The summed E-state index contributed by atoms with van der Waals surface area (Å²) in [5.74, 6) is -0.979. The van der Waals surface area contributed by atoms with Gasteiger partial charge in [-0.15, -0.1) is 0 Å². The highest BCUT2D eigenvalue weighted by atomic mass is 32.2. The number of hydrogen-bond acceptors (Lipinski definition) is 7. The molecule has 1 unspecified atom stereocenters. The van der Waals surface area contributed by atoms with E-state index in [0.717, 1.165) is 12.3 Å². The molecule has 110 valence electrons. The van der Waals surface area contributed by atoms with Gasteiger partial charge in [-0.1, -0.05) is 0 Å². The highest BCUT2D eigenvalue weighted by Crippen LogP contribution is 2.27. The van der Waals surface area contributed by atoms with Crippen molar-refractivity contribution in [2.75, 3.05) is 18.1 Å². The highest BCUT2D eigenvalue weighted by Gasteiger charge is 2.20. The lowest BCUT2D eigenvalue weighted by atomic mass is 10.2. The molecule has 0 aromatic heterocycles. The molecular formula is C10H13N3O6S. The van der Waals surface area contributed by atoms with E-state index in [1.807, 2.05) is 0 Å². The molecule has 1 rings (SSSR count). The van der Waals surface area contributed by atoms with Crippen molar-refractivity contribution < 1.29 is 23.2 Å². The maximum Gasteiger partial charge on any atom is 0.293 e. The number of sulfone groups is 1. The number of nitrogens with zero attached hydrogens (tertiary/aromatic N) is 1. The number of hydrogen-bond donors (Lipinski definition) is 3. The number of aliphatic hydroxyl groups is 1. The van der Waals surface area contributed by atoms with Crippen LogP contribution in [0.4, 0.5) is 11.4 Å². The van der Waals surface area contributed by atoms with Gasteiger partial charge in [-0.3, -0.25) is 14.9 Å². The minimum Gasteiger partial charge on any atom is -0.381 e. The summed E-state index contributed by atoms with van der Waals surface area (Å²) in [7, 11) is -3.58. The van der Waals surface area contributed by atoms with Gasteiger partial charge in [0.25, 0.3) is 5.69 Å². The van der Waals surface area contributed by atoms with E-state index in [2.05, 4.69) is 5.32 Å². The smallest absolute Gasteiger partial charge is 0.293 e. The number of nitro groups is 1. The van der Waals surface area contributed by atoms with Gasteiger partial charge >= 0.3 is 0 Å². The van der Waals surface area contributed by atoms with Crippen molar-refractivity contribution in [3.8, 4) is 0 Å². The Bertz CT molecular complexity index is 642. The van der Waals surface area contributed by atoms with Crippen LogP contribution in [-0.2, 0) is 14.6 Å². The normalized spacial score (nSPS) is 12.7. The lowest BCUT2D eigenvalue weighted by molar-refractivity contribution is -0.384. The van der Waals surface area contributed by atoms with Gasteiger partial charge in [0.1, 0.15) is 11.8 Å². The molecule has 0 radical (unpaired) electrons. The number of amides is 1. The quantitative estimate of drug-likeness (QED) is 0.462. The molecule has 1 aromatic rings. The second-order valence-corrected chi connectivity index (χ2v) is 6.02. The van der Waals surface area contributed by atoms with Crippen LogP contribution in [0.2, 0.25) is 0 Å². The van der Waals surface area contributed by atoms with E-state index in [9.17, 15) is 28.4 Å². The van der Waals surface area contributed by atoms with Gasteiger partial charge in [-0.05, 0) is 12.1 Å². The Kier molecular flexibility index (Phi) is 4.63. The van der Waals surface area contributed by atoms with Gasteiger partial charge in [0, 0.05) is 12.3 Å². The van der Waals surface area contributed by atoms with E-state index in [1.165, 1.54) is 12.1 Å². The van der Waals surface area contributed by atoms with Crippen LogP contribution in [0.5, 0.6) is 0 Å². The molecule has 0 aliphatic carbocycles. The predicted octanol–water partition coefficient (Wildman–Crippen LogP) is -0.744. The summed E-state index contributed by atoms with van der Waals surface area (Å²) in [6.45, 7) is -0.325. The average Bonchev–Trinajstić information content (AvgIpc) is 2.34. The number of nitrogens with one attached hydrogen (secondary N) is 1. The summed E-state index contributed by atoms with van der Waals surface area (Å²) in [5.41, 5.74) is 4.33. The number of primary amides is 1. The maximum atomic E-state index is 11.3. The van der Waals surface area contributed by atoms with E-state index in [1.54, 1.807) is 0 Å². The molecule has 4 N–H and O–H groups in total. The fourth-order valence-electron chi connectivity index (χ4n) is 1.35. The van der Waals surface area contributed by atoms with Crippen LogP contribution >= 0.6 is 0 Å². The summed E-state index contributed by atoms with van der Waals surface area (Å²) in [6.07, 6.45) is -0.583. The van der Waals surface area contributed by atoms with Crippen molar-refractivity contribution >= 4 is 27.1 Å². The van der Waals surface area contributed by atoms with Gasteiger partial charge in [0.05, 0.1) is 16.4 Å². The predicted molar refractivity (Wildman–Crippen MR) is 69.9 cm³/mol. The topological polar surface area (TPSA) is 153 Å². The number of carbonyl (C=O) groups excluding carboxylic acids is 1. The second kappa shape index (κ2) is 5.84. The van der Waals surface area contributed by atoms with Gasteiger partial charge in [-0.2, -0.15) is 0 Å². The summed E-state index contributed by atoms with van der Waals surface area (Å²) in [4.78, 5) is 20.6. The first-order valence-electron chi connectivity index (χ1n) is 5.32.